The van der Waals surface area contributed by atoms with Gasteiger partial charge in [0.1, 0.15) is 4.90 Å². The number of hydrogen-bond donors (Lipinski definition) is 3. The van der Waals surface area contributed by atoms with Gasteiger partial charge in [0.05, 0.1) is 18.5 Å². The van der Waals surface area contributed by atoms with Crippen LogP contribution in [0.4, 0.5) is 5.69 Å². The molecule has 18 heavy (non-hydrogen) atoms. The molecule has 0 aliphatic carbocycles. The van der Waals surface area contributed by atoms with E-state index in [0.29, 0.717) is 17.9 Å². The van der Waals surface area contributed by atoms with Gasteiger partial charge < -0.3 is 9.67 Å². The number of H-pyrrole nitrogens is 1. The third kappa shape index (κ3) is 2.39. The molecule has 0 unspecified atom stereocenters. The molecule has 7 nitrogen and oxygen atoms in total. The Morgan fingerprint density at radius 1 is 1.56 bits per heavy atom. The number of aliphatic hydroxyl groups excluding tert-OH is 1. The van der Waals surface area contributed by atoms with E-state index in [1.807, 2.05) is 6.92 Å². The molecule has 0 bridgehead atoms. The molecule has 98 valence electrons. The summed E-state index contributed by atoms with van der Waals surface area (Å²) in [7, 11) is -3.65. The Kier molecular flexibility index (Phi) is 3.39. The van der Waals surface area contributed by atoms with Crippen LogP contribution in [0.1, 0.15) is 12.6 Å². The average molecular weight is 270 g/mol. The van der Waals surface area contributed by atoms with Crippen LogP contribution in [0.2, 0.25) is 0 Å². The van der Waals surface area contributed by atoms with E-state index in [1.165, 1.54) is 24.7 Å². The zero-order valence-electron chi connectivity index (χ0n) is 9.79. The Morgan fingerprint density at radius 2 is 2.33 bits per heavy atom. The fourth-order valence-electron chi connectivity index (χ4n) is 1.62. The van der Waals surface area contributed by atoms with Gasteiger partial charge in [-0.25, -0.2) is 8.42 Å². The molecule has 2 rings (SSSR count). The molecule has 0 amide bonds. The molecular weight excluding hydrogens is 256 g/mol. The SMILES string of the molecule is CCn1cc(S(=O)(=O)Nc2cn[nH]c2)cc1CO. The largest absolute Gasteiger partial charge is 0.390 e. The van der Waals surface area contributed by atoms with Crippen LogP contribution in [0.5, 0.6) is 0 Å². The summed E-state index contributed by atoms with van der Waals surface area (Å²) in [5.41, 5.74) is 0.926. The smallest absolute Gasteiger partial charge is 0.263 e. The molecule has 8 heteroatoms. The van der Waals surface area contributed by atoms with Crippen LogP contribution in [0.15, 0.2) is 29.6 Å². The molecule has 0 aliphatic heterocycles. The first-order valence-corrected chi connectivity index (χ1v) is 6.86. The molecule has 0 aromatic carbocycles. The number of aliphatic hydroxyl groups is 1. The van der Waals surface area contributed by atoms with Crippen LogP contribution in [-0.2, 0) is 23.2 Å². The Balaban J connectivity index is 2.32. The zero-order valence-corrected chi connectivity index (χ0v) is 10.6. The van der Waals surface area contributed by atoms with Crippen molar-refractivity contribution in [1.82, 2.24) is 14.8 Å². The van der Waals surface area contributed by atoms with Crippen molar-refractivity contribution >= 4 is 15.7 Å². The number of aryl methyl sites for hydroxylation is 1. The van der Waals surface area contributed by atoms with Gasteiger partial charge in [-0.1, -0.05) is 0 Å². The summed E-state index contributed by atoms with van der Waals surface area (Å²) in [6.07, 6.45) is 4.32. The molecule has 2 heterocycles. The summed E-state index contributed by atoms with van der Waals surface area (Å²) in [5, 5.41) is 15.3. The highest BCUT2D eigenvalue weighted by molar-refractivity contribution is 7.92. The van der Waals surface area contributed by atoms with Crippen molar-refractivity contribution in [3.8, 4) is 0 Å². The molecular formula is C10H14N4O3S. The normalized spacial score (nSPS) is 11.7. The first kappa shape index (κ1) is 12.7. The van der Waals surface area contributed by atoms with Crippen LogP contribution >= 0.6 is 0 Å². The second-order valence-electron chi connectivity index (χ2n) is 3.70. The van der Waals surface area contributed by atoms with Crippen molar-refractivity contribution in [3.63, 3.8) is 0 Å². The monoisotopic (exact) mass is 270 g/mol. The Hall–Kier alpha value is -1.80. The minimum Gasteiger partial charge on any atom is -0.390 e. The number of nitrogens with one attached hydrogen (secondary N) is 2. The van der Waals surface area contributed by atoms with Gasteiger partial charge in [0.25, 0.3) is 10.0 Å². The summed E-state index contributed by atoms with van der Waals surface area (Å²) >= 11 is 0. The van der Waals surface area contributed by atoms with Gasteiger partial charge in [0.15, 0.2) is 0 Å². The van der Waals surface area contributed by atoms with Crippen molar-refractivity contribution in [2.75, 3.05) is 4.72 Å². The van der Waals surface area contributed by atoms with E-state index in [9.17, 15) is 8.42 Å². The average Bonchev–Trinajstić information content (AvgIpc) is 2.96. The summed E-state index contributed by atoms with van der Waals surface area (Å²) in [6.45, 7) is 2.27. The highest BCUT2D eigenvalue weighted by Crippen LogP contribution is 2.18. The van der Waals surface area contributed by atoms with Gasteiger partial charge in [0, 0.05) is 24.6 Å². The van der Waals surface area contributed by atoms with Crippen molar-refractivity contribution < 1.29 is 13.5 Å². The number of sulfonamides is 1. The van der Waals surface area contributed by atoms with Gasteiger partial charge in [-0.05, 0) is 13.0 Å². The fourth-order valence-corrected chi connectivity index (χ4v) is 2.72. The number of rotatable bonds is 5. The Bertz CT molecular complexity index is 594. The van der Waals surface area contributed by atoms with Crippen LogP contribution < -0.4 is 4.72 Å². The fraction of sp³-hybridized carbons (Fsp3) is 0.300. The molecule has 2 aromatic heterocycles. The van der Waals surface area contributed by atoms with Crippen LogP contribution in [0.3, 0.4) is 0 Å². The van der Waals surface area contributed by atoms with Crippen LogP contribution in [-0.4, -0.2) is 28.3 Å². The van der Waals surface area contributed by atoms with Crippen LogP contribution in [0.25, 0.3) is 0 Å². The van der Waals surface area contributed by atoms with Gasteiger partial charge in [-0.3, -0.25) is 9.82 Å². The van der Waals surface area contributed by atoms with E-state index in [4.69, 9.17) is 5.11 Å². The maximum Gasteiger partial charge on any atom is 0.263 e. The minimum atomic E-state index is -3.65. The molecule has 0 saturated carbocycles. The molecule has 0 saturated heterocycles. The van der Waals surface area contributed by atoms with E-state index >= 15 is 0 Å². The number of aromatic nitrogens is 3. The lowest BCUT2D eigenvalue weighted by atomic mass is 10.4. The molecule has 0 radical (unpaired) electrons. The highest BCUT2D eigenvalue weighted by atomic mass is 32.2. The minimum absolute atomic E-state index is 0.120. The molecule has 3 N–H and O–H groups in total. The van der Waals surface area contributed by atoms with E-state index in [1.54, 1.807) is 4.57 Å². The van der Waals surface area contributed by atoms with Crippen molar-refractivity contribution in [2.45, 2.75) is 25.0 Å². The number of hydrogen-bond acceptors (Lipinski definition) is 4. The zero-order chi connectivity index (χ0) is 13.2. The highest BCUT2D eigenvalue weighted by Gasteiger charge is 2.18. The summed E-state index contributed by atoms with van der Waals surface area (Å²) in [6, 6.07) is 1.45. The van der Waals surface area contributed by atoms with Gasteiger partial charge in [-0.2, -0.15) is 5.10 Å². The van der Waals surface area contributed by atoms with E-state index in [2.05, 4.69) is 14.9 Å². The van der Waals surface area contributed by atoms with E-state index in [-0.39, 0.29) is 11.5 Å². The summed E-state index contributed by atoms with van der Waals surface area (Å²) in [4.78, 5) is 0.120. The molecule has 0 aliphatic rings. The summed E-state index contributed by atoms with van der Waals surface area (Å²) < 4.78 is 28.2. The molecule has 2 aromatic rings. The second kappa shape index (κ2) is 4.83. The predicted octanol–water partition coefficient (Wildman–Crippen LogP) is 0.524. The topological polar surface area (TPSA) is 100 Å². The molecule has 0 fully saturated rings. The predicted molar refractivity (Wildman–Crippen MR) is 65.4 cm³/mol. The first-order valence-electron chi connectivity index (χ1n) is 5.38. The quantitative estimate of drug-likeness (QED) is 0.737. The lowest BCUT2D eigenvalue weighted by Crippen LogP contribution is -2.11. The van der Waals surface area contributed by atoms with Crippen molar-refractivity contribution in [2.24, 2.45) is 0 Å². The number of nitrogens with zero attached hydrogens (tertiary/aromatic N) is 2. The van der Waals surface area contributed by atoms with Gasteiger partial charge >= 0.3 is 0 Å². The van der Waals surface area contributed by atoms with Gasteiger partial charge in [-0.15, -0.1) is 0 Å². The third-order valence-electron chi connectivity index (χ3n) is 2.52. The van der Waals surface area contributed by atoms with E-state index < -0.39 is 10.0 Å². The lowest BCUT2D eigenvalue weighted by Gasteiger charge is -2.02. The van der Waals surface area contributed by atoms with Crippen molar-refractivity contribution in [1.29, 1.82) is 0 Å². The van der Waals surface area contributed by atoms with Crippen molar-refractivity contribution in [3.05, 3.63) is 30.4 Å². The molecule has 0 spiro atoms. The second-order valence-corrected chi connectivity index (χ2v) is 5.39. The third-order valence-corrected chi connectivity index (χ3v) is 3.87. The van der Waals surface area contributed by atoms with E-state index in [0.717, 1.165) is 0 Å². The van der Waals surface area contributed by atoms with Gasteiger partial charge in [0.2, 0.25) is 0 Å². The Labute approximate surface area is 105 Å². The first-order chi connectivity index (χ1) is 8.56. The number of aromatic amines is 1. The summed E-state index contributed by atoms with van der Waals surface area (Å²) in [5.74, 6) is 0. The molecule has 0 atom stereocenters. The Morgan fingerprint density at radius 3 is 2.83 bits per heavy atom. The number of anilines is 1. The maximum atomic E-state index is 12.0. The standard InChI is InChI=1S/C10H14N4O3S/c1-2-14-6-10(3-9(14)7-15)18(16,17)13-8-4-11-12-5-8/h3-6,13,15H,2,7H2,1H3,(H,11,12). The maximum absolute atomic E-state index is 12.0. The lowest BCUT2D eigenvalue weighted by molar-refractivity contribution is 0.271. The van der Waals surface area contributed by atoms with Crippen LogP contribution in [0, 0.1) is 0 Å².